The summed E-state index contributed by atoms with van der Waals surface area (Å²) in [7, 11) is 0. The van der Waals surface area contributed by atoms with E-state index in [2.05, 4.69) is 30.5 Å². The molecule has 1 aromatic rings. The Morgan fingerprint density at radius 1 is 1.43 bits per heavy atom. The van der Waals surface area contributed by atoms with Gasteiger partial charge in [0.05, 0.1) is 6.61 Å². The van der Waals surface area contributed by atoms with E-state index < -0.39 is 0 Å². The van der Waals surface area contributed by atoms with E-state index in [0.717, 1.165) is 36.3 Å². The first kappa shape index (κ1) is 15.9. The molecule has 4 heteroatoms. The Labute approximate surface area is 137 Å². The number of fused-ring (bicyclic) bond motifs is 1. The van der Waals surface area contributed by atoms with Gasteiger partial charge in [-0.3, -0.25) is 4.79 Å². The van der Waals surface area contributed by atoms with Crippen molar-refractivity contribution in [3.63, 3.8) is 0 Å². The van der Waals surface area contributed by atoms with Crippen LogP contribution in [0, 0.1) is 5.92 Å². The molecule has 0 saturated carbocycles. The van der Waals surface area contributed by atoms with Gasteiger partial charge in [0.2, 0.25) is 5.91 Å². The molecule has 0 unspecified atom stereocenters. The van der Waals surface area contributed by atoms with Gasteiger partial charge in [-0.2, -0.15) is 0 Å². The Bertz CT molecular complexity index is 609. The number of hydrogen-bond acceptors (Lipinski definition) is 3. The highest BCUT2D eigenvalue weighted by Gasteiger charge is 2.22. The van der Waals surface area contributed by atoms with Gasteiger partial charge >= 0.3 is 0 Å². The second-order valence-electron chi connectivity index (χ2n) is 6.38. The molecule has 124 valence electrons. The highest BCUT2D eigenvalue weighted by molar-refractivity contribution is 5.76. The van der Waals surface area contributed by atoms with Gasteiger partial charge in [-0.1, -0.05) is 12.2 Å². The lowest BCUT2D eigenvalue weighted by Crippen LogP contribution is -2.24. The van der Waals surface area contributed by atoms with E-state index in [1.54, 1.807) is 0 Å². The Hall–Kier alpha value is -1.97. The fraction of sp³-hybridized carbons (Fsp3) is 0.526. The van der Waals surface area contributed by atoms with E-state index >= 15 is 0 Å². The quantitative estimate of drug-likeness (QED) is 0.819. The van der Waals surface area contributed by atoms with Gasteiger partial charge in [-0.25, -0.2) is 0 Å². The lowest BCUT2D eigenvalue weighted by molar-refractivity contribution is -0.121. The van der Waals surface area contributed by atoms with E-state index in [9.17, 15) is 4.79 Å². The normalized spacial score (nSPS) is 21.8. The number of ether oxygens (including phenoxy) is 2. The lowest BCUT2D eigenvalue weighted by Gasteiger charge is -2.14. The molecule has 0 spiro atoms. The minimum absolute atomic E-state index is 0.0961. The summed E-state index contributed by atoms with van der Waals surface area (Å²) in [5.41, 5.74) is 2.17. The van der Waals surface area contributed by atoms with Crippen LogP contribution in [0.3, 0.4) is 0 Å². The number of nitrogens with one attached hydrogen (secondary N) is 1. The van der Waals surface area contributed by atoms with Crippen LogP contribution in [0.1, 0.15) is 44.2 Å². The van der Waals surface area contributed by atoms with Gasteiger partial charge in [0.1, 0.15) is 17.6 Å². The van der Waals surface area contributed by atoms with E-state index in [0.29, 0.717) is 25.5 Å². The fourth-order valence-corrected chi connectivity index (χ4v) is 3.28. The van der Waals surface area contributed by atoms with Crippen molar-refractivity contribution >= 4 is 5.91 Å². The SMILES string of the molecule is CCOc1cc2c(cc1CNC(=O)C[C@H]1C=CCC1)O[C@@H](C)C2. The van der Waals surface area contributed by atoms with Crippen LogP contribution >= 0.6 is 0 Å². The summed E-state index contributed by atoms with van der Waals surface area (Å²) >= 11 is 0. The van der Waals surface area contributed by atoms with Crippen molar-refractivity contribution in [2.45, 2.75) is 52.2 Å². The predicted molar refractivity (Wildman–Crippen MR) is 89.7 cm³/mol. The molecule has 0 saturated heterocycles. The highest BCUT2D eigenvalue weighted by Crippen LogP contribution is 2.35. The number of allylic oxidation sites excluding steroid dienone is 2. The summed E-state index contributed by atoms with van der Waals surface area (Å²) in [5.74, 6) is 2.26. The van der Waals surface area contributed by atoms with Crippen LogP contribution in [0.4, 0.5) is 0 Å². The summed E-state index contributed by atoms with van der Waals surface area (Å²) in [6, 6.07) is 4.07. The average molecular weight is 315 g/mol. The van der Waals surface area contributed by atoms with Crippen LogP contribution in [0.2, 0.25) is 0 Å². The molecular weight excluding hydrogens is 290 g/mol. The van der Waals surface area contributed by atoms with Crippen LogP contribution in [0.5, 0.6) is 11.5 Å². The molecular formula is C19H25NO3. The van der Waals surface area contributed by atoms with Crippen LogP contribution in [-0.2, 0) is 17.8 Å². The van der Waals surface area contributed by atoms with Crippen LogP contribution in [0.25, 0.3) is 0 Å². The van der Waals surface area contributed by atoms with E-state index in [1.807, 2.05) is 13.0 Å². The molecule has 0 aromatic heterocycles. The molecule has 1 aromatic carbocycles. The molecule has 2 atom stereocenters. The monoisotopic (exact) mass is 315 g/mol. The van der Waals surface area contributed by atoms with Gasteiger partial charge < -0.3 is 14.8 Å². The fourth-order valence-electron chi connectivity index (χ4n) is 3.28. The molecule has 4 nitrogen and oxygen atoms in total. The van der Waals surface area contributed by atoms with Gasteiger partial charge in [0.25, 0.3) is 0 Å². The Morgan fingerprint density at radius 2 is 2.30 bits per heavy atom. The third-order valence-corrected chi connectivity index (χ3v) is 4.41. The maximum atomic E-state index is 12.1. The molecule has 0 radical (unpaired) electrons. The average Bonchev–Trinajstić information content (AvgIpc) is 3.13. The van der Waals surface area contributed by atoms with Crippen molar-refractivity contribution in [1.29, 1.82) is 0 Å². The van der Waals surface area contributed by atoms with E-state index in [1.165, 1.54) is 5.56 Å². The number of carbonyl (C=O) groups excluding carboxylic acids is 1. The van der Waals surface area contributed by atoms with Crippen molar-refractivity contribution in [2.24, 2.45) is 5.92 Å². The Kier molecular flexibility index (Phi) is 4.89. The Morgan fingerprint density at radius 3 is 3.04 bits per heavy atom. The molecule has 1 heterocycles. The van der Waals surface area contributed by atoms with Crippen LogP contribution in [0.15, 0.2) is 24.3 Å². The minimum atomic E-state index is 0.0961. The second kappa shape index (κ2) is 7.07. The summed E-state index contributed by atoms with van der Waals surface area (Å²) in [5, 5.41) is 3.02. The second-order valence-corrected chi connectivity index (χ2v) is 6.38. The third-order valence-electron chi connectivity index (χ3n) is 4.41. The molecule has 0 bridgehead atoms. The Balaban J connectivity index is 1.65. The molecule has 1 aliphatic heterocycles. The van der Waals surface area contributed by atoms with Crippen molar-refractivity contribution < 1.29 is 14.3 Å². The molecule has 1 N–H and O–H groups in total. The summed E-state index contributed by atoms with van der Waals surface area (Å²) in [6.45, 7) is 5.14. The first-order valence-electron chi connectivity index (χ1n) is 8.54. The summed E-state index contributed by atoms with van der Waals surface area (Å²) in [4.78, 5) is 12.1. The standard InChI is InChI=1S/C19H25NO3/c1-3-22-17-10-15-8-13(2)23-18(15)11-16(17)12-20-19(21)9-14-6-4-5-7-14/h4,6,10-11,13-14H,3,5,7-9,12H2,1-2H3,(H,20,21)/t13-,14-/m0/s1. The number of hydrogen-bond donors (Lipinski definition) is 1. The zero-order valence-corrected chi connectivity index (χ0v) is 13.9. The zero-order chi connectivity index (χ0) is 16.2. The third kappa shape index (κ3) is 3.87. The molecule has 1 amide bonds. The molecule has 1 aliphatic carbocycles. The van der Waals surface area contributed by atoms with Gasteiger partial charge in [0.15, 0.2) is 0 Å². The number of carbonyl (C=O) groups is 1. The largest absolute Gasteiger partial charge is 0.494 e. The molecule has 0 fully saturated rings. The first-order valence-corrected chi connectivity index (χ1v) is 8.54. The van der Waals surface area contributed by atoms with Gasteiger partial charge in [-0.05, 0) is 44.7 Å². The van der Waals surface area contributed by atoms with E-state index in [4.69, 9.17) is 9.47 Å². The summed E-state index contributed by atoms with van der Waals surface area (Å²) in [6.07, 6.45) is 8.17. The topological polar surface area (TPSA) is 47.6 Å². The molecule has 3 rings (SSSR count). The predicted octanol–water partition coefficient (Wildman–Crippen LogP) is 3.38. The minimum Gasteiger partial charge on any atom is -0.494 e. The number of rotatable bonds is 6. The zero-order valence-electron chi connectivity index (χ0n) is 13.9. The lowest BCUT2D eigenvalue weighted by atomic mass is 10.0. The van der Waals surface area contributed by atoms with Crippen molar-refractivity contribution in [1.82, 2.24) is 5.32 Å². The summed E-state index contributed by atoms with van der Waals surface area (Å²) < 4.78 is 11.6. The highest BCUT2D eigenvalue weighted by atomic mass is 16.5. The van der Waals surface area contributed by atoms with Crippen molar-refractivity contribution in [2.75, 3.05) is 6.61 Å². The van der Waals surface area contributed by atoms with Gasteiger partial charge in [-0.15, -0.1) is 0 Å². The number of amides is 1. The molecule has 2 aliphatic rings. The number of benzene rings is 1. The molecule has 23 heavy (non-hydrogen) atoms. The first-order chi connectivity index (χ1) is 11.2. The van der Waals surface area contributed by atoms with E-state index in [-0.39, 0.29) is 12.0 Å². The van der Waals surface area contributed by atoms with Crippen molar-refractivity contribution in [3.8, 4) is 11.5 Å². The van der Waals surface area contributed by atoms with Crippen molar-refractivity contribution in [3.05, 3.63) is 35.4 Å². The van der Waals surface area contributed by atoms with Gasteiger partial charge in [0, 0.05) is 30.5 Å². The maximum Gasteiger partial charge on any atom is 0.220 e. The maximum absolute atomic E-state index is 12.1. The van der Waals surface area contributed by atoms with Crippen LogP contribution < -0.4 is 14.8 Å². The van der Waals surface area contributed by atoms with Crippen LogP contribution in [-0.4, -0.2) is 18.6 Å². The smallest absolute Gasteiger partial charge is 0.220 e.